The van der Waals surface area contributed by atoms with Crippen LogP contribution in [0.25, 0.3) is 0 Å². The lowest BCUT2D eigenvalue weighted by molar-refractivity contribution is -0.385. The Hall–Kier alpha value is -2.55. The molecule has 27 heteroatoms. The van der Waals surface area contributed by atoms with Gasteiger partial charge in [0, 0.05) is 29.0 Å². The lowest BCUT2D eigenvalue weighted by Crippen LogP contribution is -2.58. The van der Waals surface area contributed by atoms with E-state index in [1.54, 1.807) is 0 Å². The number of nitro benzene ring substituents is 1. The second kappa shape index (κ2) is 15.8. The fourth-order valence-electron chi connectivity index (χ4n) is 4.39. The number of rotatable bonds is 14. The van der Waals surface area contributed by atoms with Crippen molar-refractivity contribution < 1.29 is 82.1 Å². The molecule has 2 fully saturated rings. The van der Waals surface area contributed by atoms with Crippen molar-refractivity contribution in [2.24, 2.45) is 0 Å². The van der Waals surface area contributed by atoms with Gasteiger partial charge < -0.3 is 54.4 Å². The molecule has 7 N–H and O–H groups in total. The maximum absolute atomic E-state index is 12.4. The summed E-state index contributed by atoms with van der Waals surface area (Å²) in [5.41, 5.74) is -3.11. The van der Waals surface area contributed by atoms with Gasteiger partial charge in [0.05, 0.1) is 17.6 Å². The van der Waals surface area contributed by atoms with Crippen LogP contribution in [0.1, 0.15) is 16.6 Å². The first kappa shape index (κ1) is 39.2. The summed E-state index contributed by atoms with van der Waals surface area (Å²) >= 11 is 0. The van der Waals surface area contributed by atoms with Crippen LogP contribution in [0.3, 0.4) is 0 Å². The fraction of sp³-hybridized carbons (Fsp3) is 0.500. The third-order valence-electron chi connectivity index (χ3n) is 6.74. The van der Waals surface area contributed by atoms with E-state index in [1.165, 1.54) is 6.07 Å². The van der Waals surface area contributed by atoms with Crippen molar-refractivity contribution in [3.05, 3.63) is 67.0 Å². The third kappa shape index (κ3) is 9.62. The molecule has 1 aromatic heterocycles. The van der Waals surface area contributed by atoms with Crippen LogP contribution in [0.15, 0.2) is 44.9 Å². The van der Waals surface area contributed by atoms with Gasteiger partial charge in [-0.05, 0) is 12.1 Å². The second-order valence-corrected chi connectivity index (χ2v) is 15.4. The van der Waals surface area contributed by atoms with Gasteiger partial charge in [0.15, 0.2) is 12.5 Å². The minimum absolute atomic E-state index is 0.209. The van der Waals surface area contributed by atoms with Crippen LogP contribution in [-0.2, 0) is 32.0 Å². The van der Waals surface area contributed by atoms with Crippen LogP contribution in [0.4, 0.5) is 5.69 Å². The Kier molecular flexibility index (Phi) is 12.6. The summed E-state index contributed by atoms with van der Waals surface area (Å²) in [6.07, 6.45) is -16.2. The molecule has 23 nitrogen and oxygen atoms in total. The number of aliphatic hydroxyl groups excluding tert-OH is 5. The fourth-order valence-corrected chi connectivity index (χ4v) is 8.70. The molecule has 0 saturated carbocycles. The predicted octanol–water partition coefficient (Wildman–Crippen LogP) is -3.00. The number of aromatic carboxylic acids is 1. The molecule has 0 radical (unpaired) electrons. The van der Waals surface area contributed by atoms with Crippen LogP contribution in [0.5, 0.6) is 0 Å². The topological polar surface area (TPSA) is 363 Å². The Labute approximate surface area is 279 Å². The monoisotopic (exact) mass is 777 g/mol. The Morgan fingerprint density at radius 2 is 1.65 bits per heavy atom. The van der Waals surface area contributed by atoms with Crippen molar-refractivity contribution in [3.63, 3.8) is 0 Å². The lowest BCUT2D eigenvalue weighted by Gasteiger charge is -2.42. The summed E-state index contributed by atoms with van der Waals surface area (Å²) in [5.74, 6) is -1.87. The Balaban J connectivity index is 1.34. The van der Waals surface area contributed by atoms with Gasteiger partial charge in [-0.15, -0.1) is 0 Å². The molecular formula is C22H25N3O20P2S2-2. The van der Waals surface area contributed by atoms with Gasteiger partial charge in [-0.3, -0.25) is 38.1 Å². The SMILES string of the molecule is O=C(O)c1cc(SSCC2OC(OP(=O)([O-])OP(=O)([O-])OCC3OC(n4ccc(=O)[nH]c4=O)C(O)C3O)C(O)C(O)C2O)ccc1[N+](=O)[O-]. The summed E-state index contributed by atoms with van der Waals surface area (Å²) in [5, 5.41) is 71.5. The first-order valence-electron chi connectivity index (χ1n) is 13.3. The van der Waals surface area contributed by atoms with E-state index in [9.17, 15) is 74.1 Å². The molecule has 2 aliphatic rings. The van der Waals surface area contributed by atoms with E-state index in [1.807, 2.05) is 4.98 Å². The highest BCUT2D eigenvalue weighted by Gasteiger charge is 2.47. The van der Waals surface area contributed by atoms with Crippen molar-refractivity contribution >= 4 is 48.9 Å². The number of hydrogen-bond acceptors (Lipinski definition) is 21. The number of aromatic amines is 1. The first-order chi connectivity index (χ1) is 22.8. The smallest absolute Gasteiger partial charge is 0.342 e. The zero-order chi connectivity index (χ0) is 36.4. The average Bonchev–Trinajstić information content (AvgIpc) is 3.29. The molecule has 3 heterocycles. The highest BCUT2D eigenvalue weighted by atomic mass is 33.1. The lowest BCUT2D eigenvalue weighted by atomic mass is 10.0. The highest BCUT2D eigenvalue weighted by molar-refractivity contribution is 8.76. The molecule has 11 unspecified atom stereocenters. The Morgan fingerprint density at radius 3 is 2.29 bits per heavy atom. The van der Waals surface area contributed by atoms with Gasteiger partial charge >= 0.3 is 11.7 Å². The molecule has 49 heavy (non-hydrogen) atoms. The minimum atomic E-state index is -6.04. The average molecular weight is 778 g/mol. The van der Waals surface area contributed by atoms with Crippen molar-refractivity contribution in [1.29, 1.82) is 0 Å². The molecule has 2 aromatic rings. The molecule has 272 valence electrons. The van der Waals surface area contributed by atoms with Crippen LogP contribution in [0.2, 0.25) is 0 Å². The molecule has 4 rings (SSSR count). The van der Waals surface area contributed by atoms with E-state index < -0.39 is 111 Å². The number of phosphoric acid groups is 2. The normalized spacial score (nSPS) is 31.1. The number of nitro groups is 1. The van der Waals surface area contributed by atoms with Crippen LogP contribution in [0, 0.1) is 10.1 Å². The summed E-state index contributed by atoms with van der Waals surface area (Å²) in [6.45, 7) is -1.17. The van der Waals surface area contributed by atoms with E-state index in [0.29, 0.717) is 4.57 Å². The summed E-state index contributed by atoms with van der Waals surface area (Å²) < 4.78 is 48.7. The molecule has 0 aliphatic carbocycles. The minimum Gasteiger partial charge on any atom is -0.756 e. The number of aromatic nitrogens is 2. The maximum Gasteiger partial charge on any atom is 0.342 e. The predicted molar refractivity (Wildman–Crippen MR) is 156 cm³/mol. The van der Waals surface area contributed by atoms with Crippen molar-refractivity contribution in [2.75, 3.05) is 12.4 Å². The van der Waals surface area contributed by atoms with Gasteiger partial charge in [-0.2, -0.15) is 0 Å². The second-order valence-electron chi connectivity index (χ2n) is 10.1. The molecule has 11 atom stereocenters. The first-order valence-corrected chi connectivity index (χ1v) is 18.5. The number of aliphatic hydroxyl groups is 5. The van der Waals surface area contributed by atoms with Crippen molar-refractivity contribution in [1.82, 2.24) is 9.55 Å². The van der Waals surface area contributed by atoms with Crippen LogP contribution >= 0.6 is 37.2 Å². The molecule has 1 aromatic carbocycles. The van der Waals surface area contributed by atoms with Gasteiger partial charge in [0.2, 0.25) is 0 Å². The number of carboxylic acid groups (broad SMARTS) is 1. The number of ether oxygens (including phenoxy) is 2. The Bertz CT molecular complexity index is 1760. The van der Waals surface area contributed by atoms with Crippen LogP contribution < -0.4 is 21.0 Å². The zero-order valence-corrected chi connectivity index (χ0v) is 27.4. The van der Waals surface area contributed by atoms with Gasteiger partial charge in [0.1, 0.15) is 42.2 Å². The highest BCUT2D eigenvalue weighted by Crippen LogP contribution is 2.57. The maximum atomic E-state index is 12.4. The number of phosphoric ester groups is 2. The number of hydrogen-bond donors (Lipinski definition) is 7. The summed E-state index contributed by atoms with van der Waals surface area (Å²) in [6, 6.07) is 4.08. The van der Waals surface area contributed by atoms with E-state index in [4.69, 9.17) is 9.47 Å². The van der Waals surface area contributed by atoms with E-state index in [2.05, 4.69) is 13.4 Å². The quantitative estimate of drug-likeness (QED) is 0.0435. The Morgan fingerprint density at radius 1 is 0.980 bits per heavy atom. The summed E-state index contributed by atoms with van der Waals surface area (Å²) in [4.78, 5) is 71.6. The van der Waals surface area contributed by atoms with Crippen molar-refractivity contribution in [3.8, 4) is 0 Å². The largest absolute Gasteiger partial charge is 0.756 e. The van der Waals surface area contributed by atoms with Crippen molar-refractivity contribution in [2.45, 2.75) is 60.1 Å². The molecule has 0 spiro atoms. The number of nitrogens with zero attached hydrogens (tertiary/aromatic N) is 2. The van der Waals surface area contributed by atoms with Gasteiger partial charge in [-0.1, -0.05) is 21.6 Å². The standard InChI is InChI=1S/C22H27N3O20P2S2/c26-13-3-4-24(22(34)23-13)19-17(30)14(27)11(42-19)6-41-46(37,38)45-47(39,40)44-21-18(31)16(29)15(28)12(43-21)7-48-49-8-1-2-10(25(35)36)9(5-8)20(32)33/h1-5,11-12,14-19,21,27-31H,6-7H2,(H,32,33)(H,37,38)(H,39,40)(H,23,26,34)/p-2. The van der Waals surface area contributed by atoms with Crippen LogP contribution in [-0.4, -0.2) is 112 Å². The zero-order valence-electron chi connectivity index (χ0n) is 24.0. The summed E-state index contributed by atoms with van der Waals surface area (Å²) in [7, 11) is -10.2. The van der Waals surface area contributed by atoms with Gasteiger partial charge in [-0.25, -0.2) is 13.9 Å². The molecule has 2 saturated heterocycles. The molecule has 0 amide bonds. The number of nitrogens with one attached hydrogen (secondary N) is 1. The van der Waals surface area contributed by atoms with Gasteiger partial charge in [0.25, 0.3) is 26.9 Å². The number of carboxylic acids is 1. The number of carbonyl (C=O) groups is 1. The van der Waals surface area contributed by atoms with E-state index in [0.717, 1.165) is 46.0 Å². The third-order valence-corrected chi connectivity index (χ3v) is 11.6. The number of benzene rings is 1. The molecule has 2 aliphatic heterocycles. The van der Waals surface area contributed by atoms with E-state index in [-0.39, 0.29) is 10.6 Å². The van der Waals surface area contributed by atoms with E-state index >= 15 is 0 Å². The molecule has 0 bridgehead atoms. The number of H-pyrrole nitrogens is 1. The molecular weight excluding hydrogens is 752 g/mol.